The summed E-state index contributed by atoms with van der Waals surface area (Å²) < 4.78 is 83.3. The molecule has 2 amide bonds. The van der Waals surface area contributed by atoms with Crippen LogP contribution in [0, 0.1) is 39.3 Å². The summed E-state index contributed by atoms with van der Waals surface area (Å²) in [6, 6.07) is 10.0. The van der Waals surface area contributed by atoms with Crippen LogP contribution in [0.25, 0.3) is 0 Å². The Balaban J connectivity index is 0.000000237. The van der Waals surface area contributed by atoms with E-state index in [2.05, 4.69) is 25.3 Å². The summed E-state index contributed by atoms with van der Waals surface area (Å²) in [6.07, 6.45) is 7.28. The van der Waals surface area contributed by atoms with Gasteiger partial charge in [0.1, 0.15) is 58.7 Å². The van der Waals surface area contributed by atoms with E-state index in [-0.39, 0.29) is 65.9 Å². The molecule has 4 aliphatic rings. The number of rotatable bonds is 6. The van der Waals surface area contributed by atoms with E-state index in [1.54, 1.807) is 18.2 Å². The van der Waals surface area contributed by atoms with E-state index < -0.39 is 34.3 Å². The number of hydrogen-bond donors (Lipinski definition) is 2. The first-order valence-corrected chi connectivity index (χ1v) is 23.7. The SMILES string of the molecule is Cc1c(Cl)ncnc1O[C@H]1CC2CCC1N2C(=O)OC(C)(C)C.Cc1ccc(N)c(F)c1.Cc1ccc(Nc2ncnc(O[C@H]3CC4CCC3N4C(=O)OC(C)(C)C)c2C)c(F)c1.O=S=O.O=S=O. The maximum Gasteiger partial charge on any atom is 0.410 e. The van der Waals surface area contributed by atoms with Gasteiger partial charge in [-0.05, 0) is 130 Å². The number of nitrogen functional groups attached to an aromatic ring is 1. The summed E-state index contributed by atoms with van der Waals surface area (Å²) in [5.74, 6) is 0.731. The van der Waals surface area contributed by atoms with Crippen molar-refractivity contribution in [1.82, 2.24) is 29.7 Å². The summed E-state index contributed by atoms with van der Waals surface area (Å²) in [5.41, 5.74) is 7.88. The van der Waals surface area contributed by atoms with Gasteiger partial charge in [0.05, 0.1) is 29.0 Å². The number of nitrogens with zero attached hydrogens (tertiary/aromatic N) is 6. The second-order valence-electron chi connectivity index (χ2n) is 18.7. The molecule has 2 aromatic carbocycles. The number of nitrogens with two attached hydrogens (primary N) is 1. The van der Waals surface area contributed by atoms with Crippen LogP contribution in [-0.2, 0) is 32.6 Å². The van der Waals surface area contributed by atoms with Crippen LogP contribution in [0.4, 0.5) is 35.6 Å². The number of aromatic nitrogens is 4. The second kappa shape index (κ2) is 24.6. The average molecular weight is 1020 g/mol. The number of aryl methyl sites for hydroxylation is 2. The highest BCUT2D eigenvalue weighted by Gasteiger charge is 2.52. The molecule has 0 radical (unpaired) electrons. The van der Waals surface area contributed by atoms with Crippen molar-refractivity contribution in [3.8, 4) is 11.8 Å². The van der Waals surface area contributed by atoms with Crippen LogP contribution in [0.5, 0.6) is 11.8 Å². The smallest absolute Gasteiger partial charge is 0.410 e. The lowest BCUT2D eigenvalue weighted by Crippen LogP contribution is -2.42. The van der Waals surface area contributed by atoms with Gasteiger partial charge in [-0.25, -0.2) is 38.3 Å². The van der Waals surface area contributed by atoms with E-state index in [4.69, 9.17) is 53.1 Å². The summed E-state index contributed by atoms with van der Waals surface area (Å²) in [7, 11) is 0. The molecule has 4 bridgehead atoms. The fourth-order valence-corrected chi connectivity index (χ4v) is 8.42. The third-order valence-corrected chi connectivity index (χ3v) is 11.6. The Morgan fingerprint density at radius 1 is 0.681 bits per heavy atom. The molecule has 6 heterocycles. The molecule has 23 heteroatoms. The number of fused-ring (bicyclic) bond motifs is 4. The van der Waals surface area contributed by atoms with Gasteiger partial charge in [-0.3, -0.25) is 9.80 Å². The van der Waals surface area contributed by atoms with Crippen LogP contribution in [0.1, 0.15) is 102 Å². The Morgan fingerprint density at radius 3 is 1.55 bits per heavy atom. The molecule has 6 atom stereocenters. The fraction of sp³-hybridized carbons (Fsp3) is 0.522. The molecule has 69 heavy (non-hydrogen) atoms. The maximum atomic E-state index is 14.2. The van der Waals surface area contributed by atoms with Crippen LogP contribution in [0.3, 0.4) is 0 Å². The predicted octanol–water partition coefficient (Wildman–Crippen LogP) is 8.63. The van der Waals surface area contributed by atoms with Gasteiger partial charge in [-0.1, -0.05) is 23.7 Å². The largest absolute Gasteiger partial charge is 0.472 e. The number of nitrogens with one attached hydrogen (secondary N) is 1. The van der Waals surface area contributed by atoms with Crippen molar-refractivity contribution >= 4 is 64.1 Å². The zero-order valence-corrected chi connectivity index (χ0v) is 42.5. The molecule has 0 saturated carbocycles. The average Bonchev–Trinajstić information content (AvgIpc) is 4.03. The second-order valence-corrected chi connectivity index (χ2v) is 19.3. The zero-order valence-electron chi connectivity index (χ0n) is 40.1. The first-order valence-electron chi connectivity index (χ1n) is 21.9. The summed E-state index contributed by atoms with van der Waals surface area (Å²) in [5, 5.41) is 3.42. The minimum atomic E-state index is -0.750. The van der Waals surface area contributed by atoms with E-state index in [0.29, 0.717) is 34.0 Å². The first-order chi connectivity index (χ1) is 32.4. The molecule has 376 valence electrons. The molecular formula is C46H59ClF2N8O10S2. The molecule has 3 N–H and O–H groups in total. The van der Waals surface area contributed by atoms with Gasteiger partial charge in [0.15, 0.2) is 0 Å². The third kappa shape index (κ3) is 15.6. The highest BCUT2D eigenvalue weighted by Crippen LogP contribution is 2.42. The third-order valence-electron chi connectivity index (χ3n) is 11.2. The molecule has 4 unspecified atom stereocenters. The van der Waals surface area contributed by atoms with Crippen molar-refractivity contribution in [1.29, 1.82) is 0 Å². The van der Waals surface area contributed by atoms with Crippen LogP contribution in [-0.4, -0.2) is 106 Å². The van der Waals surface area contributed by atoms with Crippen molar-refractivity contribution in [2.75, 3.05) is 11.1 Å². The van der Waals surface area contributed by atoms with Gasteiger partial charge >= 0.3 is 35.3 Å². The van der Waals surface area contributed by atoms with Crippen molar-refractivity contribution in [2.24, 2.45) is 0 Å². The van der Waals surface area contributed by atoms with E-state index in [9.17, 15) is 18.4 Å². The number of halogens is 3. The van der Waals surface area contributed by atoms with Gasteiger partial charge in [0.2, 0.25) is 11.8 Å². The summed E-state index contributed by atoms with van der Waals surface area (Å²) in [6.45, 7) is 18.6. The van der Waals surface area contributed by atoms with Crippen LogP contribution < -0.4 is 20.5 Å². The van der Waals surface area contributed by atoms with Gasteiger partial charge in [0.25, 0.3) is 0 Å². The molecule has 0 spiro atoms. The fourth-order valence-electron chi connectivity index (χ4n) is 8.30. The predicted molar refractivity (Wildman–Crippen MR) is 254 cm³/mol. The Labute approximate surface area is 412 Å². The van der Waals surface area contributed by atoms with Gasteiger partial charge < -0.3 is 30.0 Å². The zero-order chi connectivity index (χ0) is 51.4. The number of anilines is 3. The Bertz CT molecular complexity index is 2490. The number of carbonyl (C=O) groups is 2. The van der Waals surface area contributed by atoms with Crippen LogP contribution in [0.2, 0.25) is 5.15 Å². The van der Waals surface area contributed by atoms with Crippen molar-refractivity contribution in [3.63, 3.8) is 0 Å². The minimum Gasteiger partial charge on any atom is -0.472 e. The van der Waals surface area contributed by atoms with Crippen molar-refractivity contribution < 1.29 is 54.2 Å². The molecule has 8 rings (SSSR count). The molecular weight excluding hydrogens is 962 g/mol. The molecule has 4 aliphatic heterocycles. The maximum absolute atomic E-state index is 14.2. The Morgan fingerprint density at radius 2 is 1.12 bits per heavy atom. The molecule has 2 aromatic heterocycles. The highest BCUT2D eigenvalue weighted by molar-refractivity contribution is 7.51. The van der Waals surface area contributed by atoms with Gasteiger partial charge in [0, 0.05) is 30.5 Å². The molecule has 18 nitrogen and oxygen atoms in total. The van der Waals surface area contributed by atoms with E-state index in [1.807, 2.05) is 85.1 Å². The Kier molecular flexibility index (Phi) is 19.9. The van der Waals surface area contributed by atoms with Crippen LogP contribution in [0.15, 0.2) is 49.1 Å². The quantitative estimate of drug-likeness (QED) is 0.136. The highest BCUT2D eigenvalue weighted by atomic mass is 35.5. The lowest BCUT2D eigenvalue weighted by molar-refractivity contribution is 0.0170. The standard InChI is InChI=1S/C23H29FN4O3.C16H22ClN3O3.C7H8FN.2O2S/c1-13-6-8-17(16(24)10-13)27-20-14(2)21(26-12-25-20)30-19-11-15-7-9-18(19)28(15)22(29)31-23(3,4)5;1-9-13(17)18-8-19-14(9)22-12-7-10-5-6-11(12)20(10)15(21)23-16(2,3)4;1-5-2-3-7(9)6(8)4-5;2*1-3-2/h6,8,10,12,15,18-19H,7,9,11H2,1-5H3,(H,25,26,27);8,10-12H,5-7H2,1-4H3;2-4H,9H2,1H3;;/t15?,18?,19-;10?,11?,12-;;;/m00.../s1. The first kappa shape index (κ1) is 55.7. The van der Waals surface area contributed by atoms with E-state index >= 15 is 0 Å². The van der Waals surface area contributed by atoms with Crippen LogP contribution >= 0.6 is 11.6 Å². The minimum absolute atomic E-state index is 0.0305. The summed E-state index contributed by atoms with van der Waals surface area (Å²) in [4.78, 5) is 45.4. The Hall–Kier alpha value is -5.87. The normalized spacial score (nSPS) is 20.5. The lowest BCUT2D eigenvalue weighted by Gasteiger charge is -2.28. The summed E-state index contributed by atoms with van der Waals surface area (Å²) >= 11 is 4.51. The van der Waals surface area contributed by atoms with Gasteiger partial charge in [-0.2, -0.15) is 16.8 Å². The monoisotopic (exact) mass is 1020 g/mol. The van der Waals surface area contributed by atoms with Crippen molar-refractivity contribution in [3.05, 3.63) is 88.1 Å². The number of benzene rings is 2. The molecule has 4 fully saturated rings. The lowest BCUT2D eigenvalue weighted by atomic mass is 9.98. The van der Waals surface area contributed by atoms with Crippen molar-refractivity contribution in [2.45, 2.75) is 155 Å². The number of hydrogen-bond acceptors (Lipinski definition) is 16. The molecule has 4 saturated heterocycles. The molecule has 0 aliphatic carbocycles. The number of carbonyl (C=O) groups excluding carboxylic acids is 2. The molecule has 4 aromatic rings. The number of amides is 2. The van der Waals surface area contributed by atoms with E-state index in [0.717, 1.165) is 55.2 Å². The topological polar surface area (TPSA) is 235 Å². The van der Waals surface area contributed by atoms with Gasteiger partial charge in [-0.15, -0.1) is 0 Å². The number of ether oxygens (including phenoxy) is 4. The van der Waals surface area contributed by atoms with E-state index in [1.165, 1.54) is 24.8 Å².